The summed E-state index contributed by atoms with van der Waals surface area (Å²) < 4.78 is 32.3. The number of methoxy groups -OCH3 is 1. The Bertz CT molecular complexity index is 918. The van der Waals surface area contributed by atoms with Crippen molar-refractivity contribution in [3.05, 3.63) is 54.1 Å². The molecule has 0 aliphatic carbocycles. The molecule has 3 rings (SSSR count). The fraction of sp³-hybridized carbons (Fsp3) is 0.381. The number of carbonyl (C=O) groups is 1. The zero-order valence-electron chi connectivity index (χ0n) is 16.2. The van der Waals surface area contributed by atoms with Crippen LogP contribution in [0.1, 0.15) is 25.3 Å². The molecule has 1 aliphatic heterocycles. The zero-order valence-corrected chi connectivity index (χ0v) is 17.0. The van der Waals surface area contributed by atoms with Crippen molar-refractivity contribution in [2.45, 2.75) is 31.1 Å². The van der Waals surface area contributed by atoms with Gasteiger partial charge in [-0.1, -0.05) is 25.1 Å². The lowest BCUT2D eigenvalue weighted by Gasteiger charge is -2.29. The van der Waals surface area contributed by atoms with Crippen molar-refractivity contribution in [3.63, 3.8) is 0 Å². The van der Waals surface area contributed by atoms with E-state index in [1.165, 1.54) is 0 Å². The second kappa shape index (κ2) is 8.75. The maximum atomic E-state index is 12.8. The van der Waals surface area contributed by atoms with E-state index in [0.29, 0.717) is 30.4 Å². The second-order valence-electron chi connectivity index (χ2n) is 7.15. The lowest BCUT2D eigenvalue weighted by Crippen LogP contribution is -2.37. The molecule has 1 fully saturated rings. The Morgan fingerprint density at radius 2 is 1.75 bits per heavy atom. The van der Waals surface area contributed by atoms with Gasteiger partial charge in [-0.25, -0.2) is 8.42 Å². The number of benzene rings is 2. The van der Waals surface area contributed by atoms with E-state index in [1.54, 1.807) is 35.7 Å². The number of hydrogen-bond acceptors (Lipinski definition) is 4. The summed E-state index contributed by atoms with van der Waals surface area (Å²) >= 11 is 0. The van der Waals surface area contributed by atoms with Crippen LogP contribution < -0.4 is 10.1 Å². The number of anilines is 1. The van der Waals surface area contributed by atoms with E-state index in [2.05, 4.69) is 12.2 Å². The van der Waals surface area contributed by atoms with Gasteiger partial charge < -0.3 is 10.1 Å². The Balaban J connectivity index is 1.65. The van der Waals surface area contributed by atoms with Crippen LogP contribution in [0.5, 0.6) is 5.75 Å². The van der Waals surface area contributed by atoms with E-state index in [0.717, 1.165) is 18.4 Å². The van der Waals surface area contributed by atoms with Gasteiger partial charge in [0.05, 0.1) is 18.4 Å². The molecule has 0 aromatic heterocycles. The molecule has 1 amide bonds. The van der Waals surface area contributed by atoms with Crippen LogP contribution in [0.25, 0.3) is 0 Å². The molecule has 1 aliphatic rings. The van der Waals surface area contributed by atoms with Crippen molar-refractivity contribution in [2.75, 3.05) is 25.5 Å². The quantitative estimate of drug-likeness (QED) is 0.804. The Morgan fingerprint density at radius 1 is 1.11 bits per heavy atom. The lowest BCUT2D eigenvalue weighted by atomic mass is 10.0. The molecular weight excluding hydrogens is 376 g/mol. The maximum Gasteiger partial charge on any atom is 0.243 e. The van der Waals surface area contributed by atoms with Gasteiger partial charge in [-0.2, -0.15) is 4.31 Å². The SMILES string of the molecule is COc1ccccc1CC(=O)Nc1ccc(S(=O)(=O)N2CCC(C)CC2)cc1. The third-order valence-electron chi connectivity index (χ3n) is 5.06. The van der Waals surface area contributed by atoms with Crippen LogP contribution in [-0.4, -0.2) is 38.8 Å². The van der Waals surface area contributed by atoms with Crippen LogP contribution in [0.3, 0.4) is 0 Å². The second-order valence-corrected chi connectivity index (χ2v) is 9.09. The molecule has 0 radical (unpaired) electrons. The smallest absolute Gasteiger partial charge is 0.243 e. The van der Waals surface area contributed by atoms with Crippen LogP contribution in [0, 0.1) is 5.92 Å². The molecule has 0 atom stereocenters. The Morgan fingerprint density at radius 3 is 2.39 bits per heavy atom. The van der Waals surface area contributed by atoms with Gasteiger partial charge in [0.1, 0.15) is 5.75 Å². The summed E-state index contributed by atoms with van der Waals surface area (Å²) in [5.74, 6) is 1.03. The van der Waals surface area contributed by atoms with Crippen LogP contribution in [-0.2, 0) is 21.2 Å². The first kappa shape index (κ1) is 20.4. The molecule has 6 nitrogen and oxygen atoms in total. The average Bonchev–Trinajstić information content (AvgIpc) is 2.69. The minimum atomic E-state index is -3.48. The van der Waals surface area contributed by atoms with E-state index in [4.69, 9.17) is 4.74 Å². The van der Waals surface area contributed by atoms with Crippen molar-refractivity contribution in [1.29, 1.82) is 0 Å². The maximum absolute atomic E-state index is 12.8. The number of rotatable bonds is 6. The molecule has 28 heavy (non-hydrogen) atoms. The third kappa shape index (κ3) is 4.72. The molecule has 2 aromatic rings. The van der Waals surface area contributed by atoms with E-state index >= 15 is 0 Å². The molecule has 0 spiro atoms. The van der Waals surface area contributed by atoms with Crippen molar-refractivity contribution in [3.8, 4) is 5.75 Å². The van der Waals surface area contributed by atoms with E-state index in [1.807, 2.05) is 24.3 Å². The minimum absolute atomic E-state index is 0.177. The average molecular weight is 403 g/mol. The third-order valence-corrected chi connectivity index (χ3v) is 6.97. The highest BCUT2D eigenvalue weighted by molar-refractivity contribution is 7.89. The first-order valence-corrected chi connectivity index (χ1v) is 10.9. The summed E-state index contributed by atoms with van der Waals surface area (Å²) in [5, 5.41) is 2.80. The number of sulfonamides is 1. The zero-order chi connectivity index (χ0) is 20.1. The van der Waals surface area contributed by atoms with E-state index in [-0.39, 0.29) is 17.2 Å². The molecule has 150 valence electrons. The molecule has 1 N–H and O–H groups in total. The van der Waals surface area contributed by atoms with Gasteiger partial charge in [-0.3, -0.25) is 4.79 Å². The van der Waals surface area contributed by atoms with E-state index in [9.17, 15) is 13.2 Å². The van der Waals surface area contributed by atoms with Crippen LogP contribution in [0.15, 0.2) is 53.4 Å². The normalized spacial score (nSPS) is 15.9. The number of para-hydroxylation sites is 1. The van der Waals surface area contributed by atoms with Crippen LogP contribution in [0.4, 0.5) is 5.69 Å². The van der Waals surface area contributed by atoms with Crippen molar-refractivity contribution in [1.82, 2.24) is 4.31 Å². The topological polar surface area (TPSA) is 75.7 Å². The first-order chi connectivity index (χ1) is 13.4. The summed E-state index contributed by atoms with van der Waals surface area (Å²) in [4.78, 5) is 12.6. The number of amides is 1. The van der Waals surface area contributed by atoms with Gasteiger partial charge in [-0.15, -0.1) is 0 Å². The largest absolute Gasteiger partial charge is 0.496 e. The van der Waals surface area contributed by atoms with Crippen molar-refractivity contribution in [2.24, 2.45) is 5.92 Å². The van der Waals surface area contributed by atoms with Crippen LogP contribution >= 0.6 is 0 Å². The molecule has 0 saturated carbocycles. The molecule has 0 bridgehead atoms. The monoisotopic (exact) mass is 402 g/mol. The highest BCUT2D eigenvalue weighted by atomic mass is 32.2. The minimum Gasteiger partial charge on any atom is -0.496 e. The number of piperidine rings is 1. The summed E-state index contributed by atoms with van der Waals surface area (Å²) in [6.45, 7) is 3.26. The fourth-order valence-corrected chi connectivity index (χ4v) is 4.78. The fourth-order valence-electron chi connectivity index (χ4n) is 3.31. The molecule has 7 heteroatoms. The highest BCUT2D eigenvalue weighted by Crippen LogP contribution is 2.24. The molecular formula is C21H26N2O4S. The Labute approximate surface area is 166 Å². The molecule has 1 heterocycles. The van der Waals surface area contributed by atoms with Crippen molar-refractivity contribution >= 4 is 21.6 Å². The Hall–Kier alpha value is -2.38. The van der Waals surface area contributed by atoms with E-state index < -0.39 is 10.0 Å². The molecule has 2 aromatic carbocycles. The number of carbonyl (C=O) groups excluding carboxylic acids is 1. The van der Waals surface area contributed by atoms with Crippen molar-refractivity contribution < 1.29 is 17.9 Å². The summed E-state index contributed by atoms with van der Waals surface area (Å²) in [6.07, 6.45) is 1.95. The number of hydrogen-bond donors (Lipinski definition) is 1. The van der Waals surface area contributed by atoms with Gasteiger partial charge in [0, 0.05) is 24.3 Å². The summed E-state index contributed by atoms with van der Waals surface area (Å²) in [5.41, 5.74) is 1.35. The van der Waals surface area contributed by atoms with Gasteiger partial charge in [-0.05, 0) is 49.1 Å². The van der Waals surface area contributed by atoms with Gasteiger partial charge in [0.25, 0.3) is 0 Å². The molecule has 0 unspecified atom stereocenters. The Kier molecular flexibility index (Phi) is 6.36. The van der Waals surface area contributed by atoms with Gasteiger partial charge in [0.15, 0.2) is 0 Å². The lowest BCUT2D eigenvalue weighted by molar-refractivity contribution is -0.115. The summed E-state index contributed by atoms with van der Waals surface area (Å²) in [6, 6.07) is 13.7. The standard InChI is InChI=1S/C21H26N2O4S/c1-16-11-13-23(14-12-16)28(25,26)19-9-7-18(8-10-19)22-21(24)15-17-5-3-4-6-20(17)27-2/h3-10,16H,11-15H2,1-2H3,(H,22,24). The van der Waals surface area contributed by atoms with Gasteiger partial charge >= 0.3 is 0 Å². The number of nitrogens with one attached hydrogen (secondary N) is 1. The predicted molar refractivity (Wildman–Crippen MR) is 109 cm³/mol. The molecule has 1 saturated heterocycles. The number of nitrogens with zero attached hydrogens (tertiary/aromatic N) is 1. The predicted octanol–water partition coefficient (Wildman–Crippen LogP) is 3.30. The van der Waals surface area contributed by atoms with Gasteiger partial charge in [0.2, 0.25) is 15.9 Å². The summed E-state index contributed by atoms with van der Waals surface area (Å²) in [7, 11) is -1.92. The van der Waals surface area contributed by atoms with Crippen LogP contribution in [0.2, 0.25) is 0 Å². The first-order valence-electron chi connectivity index (χ1n) is 9.42. The highest BCUT2D eigenvalue weighted by Gasteiger charge is 2.27. The number of ether oxygens (including phenoxy) is 1.